The van der Waals surface area contributed by atoms with Gasteiger partial charge in [0.05, 0.1) is 17.5 Å². The Morgan fingerprint density at radius 2 is 1.96 bits per heavy atom. The highest BCUT2D eigenvalue weighted by Crippen LogP contribution is 2.19. The molecule has 9 heteroatoms. The molecule has 0 bridgehead atoms. The molecular formula is C18H25FN4O3S. The number of carbonyl (C=O) groups excluding carboxylic acids is 1. The molecule has 27 heavy (non-hydrogen) atoms. The Morgan fingerprint density at radius 1 is 1.33 bits per heavy atom. The van der Waals surface area contributed by atoms with Gasteiger partial charge in [-0.15, -0.1) is 0 Å². The van der Waals surface area contributed by atoms with Crippen LogP contribution in [0.3, 0.4) is 0 Å². The molecule has 1 aromatic carbocycles. The molecule has 148 valence electrons. The van der Waals surface area contributed by atoms with Crippen molar-refractivity contribution in [3.8, 4) is 6.07 Å². The molecule has 1 amide bonds. The standard InChI is InChI=1S/C18H25FN4O3S/c1-14(2)18(3,13-20)21-17(24)12-22-7-9-23(10-8-22)27(25,26)16-6-4-5-15(19)11-16/h4-6,11,14H,7-10,12H2,1-3H3,(H,21,24)/t18-/m1/s1. The predicted molar refractivity (Wildman–Crippen MR) is 98.6 cm³/mol. The SMILES string of the molecule is CC(C)[C@@](C)(C#N)NC(=O)CN1CCN(S(=O)(=O)c2cccc(F)c2)CC1. The molecule has 0 aromatic heterocycles. The van der Waals surface area contributed by atoms with E-state index in [9.17, 15) is 22.9 Å². The normalized spacial score (nSPS) is 18.7. The summed E-state index contributed by atoms with van der Waals surface area (Å²) in [6.07, 6.45) is 0. The maximum atomic E-state index is 13.3. The number of nitrogens with zero attached hydrogens (tertiary/aromatic N) is 3. The van der Waals surface area contributed by atoms with E-state index in [-0.39, 0.29) is 36.4 Å². The molecule has 1 heterocycles. The second-order valence-electron chi connectivity index (χ2n) is 7.15. The largest absolute Gasteiger partial charge is 0.337 e. The van der Waals surface area contributed by atoms with Crippen LogP contribution < -0.4 is 5.32 Å². The zero-order valence-corrected chi connectivity index (χ0v) is 16.6. The van der Waals surface area contributed by atoms with Crippen LogP contribution in [-0.4, -0.2) is 61.8 Å². The lowest BCUT2D eigenvalue weighted by Gasteiger charge is -2.34. The van der Waals surface area contributed by atoms with E-state index in [0.29, 0.717) is 13.1 Å². The van der Waals surface area contributed by atoms with Gasteiger partial charge in [-0.2, -0.15) is 9.57 Å². The summed E-state index contributed by atoms with van der Waals surface area (Å²) in [7, 11) is -3.76. The smallest absolute Gasteiger partial charge is 0.243 e. The summed E-state index contributed by atoms with van der Waals surface area (Å²) < 4.78 is 39.8. The number of benzene rings is 1. The molecule has 0 aliphatic carbocycles. The minimum absolute atomic E-state index is 0.0419. The summed E-state index contributed by atoms with van der Waals surface area (Å²) in [5, 5.41) is 12.0. The first-order valence-electron chi connectivity index (χ1n) is 8.79. The van der Waals surface area contributed by atoms with Gasteiger partial charge in [0.15, 0.2) is 0 Å². The van der Waals surface area contributed by atoms with E-state index in [1.54, 1.807) is 6.92 Å². The molecule has 0 radical (unpaired) electrons. The van der Waals surface area contributed by atoms with E-state index in [4.69, 9.17) is 0 Å². The summed E-state index contributed by atoms with van der Waals surface area (Å²) in [5.74, 6) is -0.911. The van der Waals surface area contributed by atoms with Gasteiger partial charge >= 0.3 is 0 Å². The molecule has 0 spiro atoms. The number of hydrogen-bond acceptors (Lipinski definition) is 5. The van der Waals surface area contributed by atoms with E-state index in [2.05, 4.69) is 11.4 Å². The Kier molecular flexibility index (Phi) is 6.57. The van der Waals surface area contributed by atoms with Crippen LogP contribution in [-0.2, 0) is 14.8 Å². The second-order valence-corrected chi connectivity index (χ2v) is 9.09. The van der Waals surface area contributed by atoms with Crippen LogP contribution in [0, 0.1) is 23.1 Å². The first kappa shape index (κ1) is 21.3. The molecular weight excluding hydrogens is 371 g/mol. The van der Waals surface area contributed by atoms with Crippen LogP contribution in [0.5, 0.6) is 0 Å². The van der Waals surface area contributed by atoms with E-state index in [1.807, 2.05) is 18.7 Å². The monoisotopic (exact) mass is 396 g/mol. The molecule has 7 nitrogen and oxygen atoms in total. The maximum absolute atomic E-state index is 13.3. The molecule has 1 aromatic rings. The lowest BCUT2D eigenvalue weighted by Crippen LogP contribution is -2.55. The highest BCUT2D eigenvalue weighted by molar-refractivity contribution is 7.89. The first-order valence-corrected chi connectivity index (χ1v) is 10.2. The third-order valence-corrected chi connectivity index (χ3v) is 6.81. The second kappa shape index (κ2) is 8.33. The molecule has 1 N–H and O–H groups in total. The fraction of sp³-hybridized carbons (Fsp3) is 0.556. The van der Waals surface area contributed by atoms with E-state index in [0.717, 1.165) is 6.07 Å². The molecule has 1 saturated heterocycles. The zero-order chi connectivity index (χ0) is 20.2. The summed E-state index contributed by atoms with van der Waals surface area (Å²) >= 11 is 0. The van der Waals surface area contributed by atoms with Gasteiger partial charge in [-0.1, -0.05) is 19.9 Å². The quantitative estimate of drug-likeness (QED) is 0.780. The lowest BCUT2D eigenvalue weighted by atomic mass is 9.90. The van der Waals surface area contributed by atoms with Gasteiger partial charge in [0.2, 0.25) is 15.9 Å². The van der Waals surface area contributed by atoms with Crippen molar-refractivity contribution in [1.82, 2.24) is 14.5 Å². The van der Waals surface area contributed by atoms with Gasteiger partial charge < -0.3 is 5.32 Å². The molecule has 0 saturated carbocycles. The lowest BCUT2D eigenvalue weighted by molar-refractivity contribution is -0.124. The molecule has 1 aliphatic rings. The molecule has 1 fully saturated rings. The predicted octanol–water partition coefficient (Wildman–Crippen LogP) is 1.19. The number of nitrogens with one attached hydrogen (secondary N) is 1. The Hall–Kier alpha value is -2.02. The van der Waals surface area contributed by atoms with Crippen LogP contribution in [0.1, 0.15) is 20.8 Å². The van der Waals surface area contributed by atoms with Crippen LogP contribution in [0.4, 0.5) is 4.39 Å². The third-order valence-electron chi connectivity index (χ3n) is 4.92. The van der Waals surface area contributed by atoms with Crippen LogP contribution in [0.2, 0.25) is 0 Å². The van der Waals surface area contributed by atoms with Gasteiger partial charge in [0, 0.05) is 26.2 Å². The molecule has 1 aliphatic heterocycles. The van der Waals surface area contributed by atoms with E-state index in [1.165, 1.54) is 22.5 Å². The molecule has 0 unspecified atom stereocenters. The van der Waals surface area contributed by atoms with Crippen molar-refractivity contribution in [2.75, 3.05) is 32.7 Å². The van der Waals surface area contributed by atoms with Crippen LogP contribution in [0.25, 0.3) is 0 Å². The minimum Gasteiger partial charge on any atom is -0.337 e. The van der Waals surface area contributed by atoms with E-state index >= 15 is 0 Å². The fourth-order valence-corrected chi connectivity index (χ4v) is 4.19. The number of halogens is 1. The van der Waals surface area contributed by atoms with Crippen LogP contribution >= 0.6 is 0 Å². The van der Waals surface area contributed by atoms with Gasteiger partial charge in [-0.25, -0.2) is 12.8 Å². The van der Waals surface area contributed by atoms with Crippen molar-refractivity contribution in [1.29, 1.82) is 5.26 Å². The number of sulfonamides is 1. The summed E-state index contributed by atoms with van der Waals surface area (Å²) in [4.78, 5) is 14.0. The van der Waals surface area contributed by atoms with Crippen molar-refractivity contribution >= 4 is 15.9 Å². The fourth-order valence-electron chi connectivity index (χ4n) is 2.74. The van der Waals surface area contributed by atoms with Gasteiger partial charge in [-0.05, 0) is 31.0 Å². The Labute approximate surface area is 159 Å². The van der Waals surface area contributed by atoms with Crippen molar-refractivity contribution < 1.29 is 17.6 Å². The highest BCUT2D eigenvalue weighted by atomic mass is 32.2. The molecule has 1 atom stereocenters. The summed E-state index contributed by atoms with van der Waals surface area (Å²) in [6, 6.07) is 7.06. The maximum Gasteiger partial charge on any atom is 0.243 e. The van der Waals surface area contributed by atoms with Crippen molar-refractivity contribution in [3.63, 3.8) is 0 Å². The van der Waals surface area contributed by atoms with Gasteiger partial charge in [0.25, 0.3) is 0 Å². The average Bonchev–Trinajstić information content (AvgIpc) is 2.61. The van der Waals surface area contributed by atoms with Crippen molar-refractivity contribution in [3.05, 3.63) is 30.1 Å². The number of amides is 1. The molecule has 2 rings (SSSR count). The third kappa shape index (κ3) is 5.03. The van der Waals surface area contributed by atoms with Gasteiger partial charge in [-0.3, -0.25) is 9.69 Å². The number of rotatable bonds is 6. The Bertz CT molecular complexity index is 829. The summed E-state index contributed by atoms with van der Waals surface area (Å²) in [6.45, 7) is 6.69. The number of piperazine rings is 1. The number of nitriles is 1. The van der Waals surface area contributed by atoms with Crippen molar-refractivity contribution in [2.45, 2.75) is 31.2 Å². The number of carbonyl (C=O) groups is 1. The number of hydrogen-bond donors (Lipinski definition) is 1. The topological polar surface area (TPSA) is 93.5 Å². The van der Waals surface area contributed by atoms with Crippen molar-refractivity contribution in [2.24, 2.45) is 5.92 Å². The zero-order valence-electron chi connectivity index (χ0n) is 15.8. The van der Waals surface area contributed by atoms with Crippen LogP contribution in [0.15, 0.2) is 29.2 Å². The highest BCUT2D eigenvalue weighted by Gasteiger charge is 2.32. The van der Waals surface area contributed by atoms with E-state index < -0.39 is 21.4 Å². The first-order chi connectivity index (χ1) is 12.6. The Morgan fingerprint density at radius 3 is 2.48 bits per heavy atom. The van der Waals surface area contributed by atoms with Gasteiger partial charge in [0.1, 0.15) is 11.4 Å². The minimum atomic E-state index is -3.76. The Balaban J connectivity index is 1.94. The average molecular weight is 396 g/mol. The summed E-state index contributed by atoms with van der Waals surface area (Å²) in [5.41, 5.74) is -0.945.